The van der Waals surface area contributed by atoms with Crippen LogP contribution in [0.15, 0.2) is 30.3 Å². The molecule has 110 valence electrons. The normalized spacial score (nSPS) is 36.7. The molecule has 0 radical (unpaired) electrons. The smallest absolute Gasteiger partial charge is 0.151 e. The standard InChI is InChI=1S/C15H21NO3S/c1-15(17)13-8-16(7-12-5-3-2-4-6-12)9-14(15)11-20(18,19)10-13/h2-6,13-14,17H,7-11H2,1H3/t13-,14+,15?. The summed E-state index contributed by atoms with van der Waals surface area (Å²) in [6, 6.07) is 10.2. The van der Waals surface area contributed by atoms with E-state index in [2.05, 4.69) is 17.0 Å². The molecular formula is C15H21NO3S. The van der Waals surface area contributed by atoms with E-state index in [1.807, 2.05) is 18.2 Å². The molecule has 1 aromatic rings. The molecule has 3 rings (SSSR count). The molecule has 5 heteroatoms. The third-order valence-electron chi connectivity index (χ3n) is 4.77. The minimum Gasteiger partial charge on any atom is -0.389 e. The summed E-state index contributed by atoms with van der Waals surface area (Å²) in [5.74, 6) is -0.128. The van der Waals surface area contributed by atoms with Gasteiger partial charge < -0.3 is 5.11 Å². The van der Waals surface area contributed by atoms with Crippen LogP contribution in [0.4, 0.5) is 0 Å². The van der Waals surface area contributed by atoms with E-state index >= 15 is 0 Å². The highest BCUT2D eigenvalue weighted by Crippen LogP contribution is 2.39. The van der Waals surface area contributed by atoms with E-state index < -0.39 is 15.4 Å². The van der Waals surface area contributed by atoms with Gasteiger partial charge in [0.15, 0.2) is 9.84 Å². The van der Waals surface area contributed by atoms with Crippen molar-refractivity contribution >= 4 is 9.84 Å². The van der Waals surface area contributed by atoms with Gasteiger partial charge in [-0.25, -0.2) is 8.42 Å². The first-order chi connectivity index (χ1) is 9.37. The SMILES string of the molecule is CC1(O)[C@@H]2CN(Cc3ccccc3)C[C@H]1CS(=O)(=O)C2. The fourth-order valence-electron chi connectivity index (χ4n) is 3.50. The van der Waals surface area contributed by atoms with Crippen molar-refractivity contribution in [1.82, 2.24) is 4.90 Å². The highest BCUT2D eigenvalue weighted by Gasteiger charge is 2.51. The first-order valence-electron chi connectivity index (χ1n) is 7.06. The van der Waals surface area contributed by atoms with E-state index in [-0.39, 0.29) is 23.3 Å². The van der Waals surface area contributed by atoms with Crippen molar-refractivity contribution in [1.29, 1.82) is 0 Å². The van der Waals surface area contributed by atoms with E-state index in [0.29, 0.717) is 13.1 Å². The van der Waals surface area contributed by atoms with Crippen LogP contribution in [0.3, 0.4) is 0 Å². The molecule has 0 aromatic heterocycles. The predicted molar refractivity (Wildman–Crippen MR) is 78.0 cm³/mol. The van der Waals surface area contributed by atoms with Gasteiger partial charge in [-0.1, -0.05) is 30.3 Å². The number of hydrogen-bond donors (Lipinski definition) is 1. The van der Waals surface area contributed by atoms with Crippen molar-refractivity contribution in [2.75, 3.05) is 24.6 Å². The monoisotopic (exact) mass is 295 g/mol. The van der Waals surface area contributed by atoms with E-state index in [1.165, 1.54) is 5.56 Å². The number of fused-ring (bicyclic) bond motifs is 2. The van der Waals surface area contributed by atoms with Crippen molar-refractivity contribution in [3.8, 4) is 0 Å². The maximum Gasteiger partial charge on any atom is 0.151 e. The Morgan fingerprint density at radius 3 is 2.30 bits per heavy atom. The number of hydrogen-bond acceptors (Lipinski definition) is 4. The van der Waals surface area contributed by atoms with Crippen molar-refractivity contribution < 1.29 is 13.5 Å². The Kier molecular flexibility index (Phi) is 3.39. The van der Waals surface area contributed by atoms with E-state index in [9.17, 15) is 13.5 Å². The number of rotatable bonds is 2. The molecule has 0 amide bonds. The fraction of sp³-hybridized carbons (Fsp3) is 0.600. The molecule has 2 bridgehead atoms. The molecule has 2 fully saturated rings. The Balaban J connectivity index is 1.77. The molecule has 2 heterocycles. The molecule has 3 atom stereocenters. The summed E-state index contributed by atoms with van der Waals surface area (Å²) in [6.45, 7) is 3.93. The van der Waals surface area contributed by atoms with Crippen LogP contribution in [0.1, 0.15) is 12.5 Å². The van der Waals surface area contributed by atoms with Gasteiger partial charge in [0.1, 0.15) is 0 Å². The van der Waals surface area contributed by atoms with Crippen LogP contribution in [0, 0.1) is 11.8 Å². The van der Waals surface area contributed by atoms with Crippen molar-refractivity contribution in [2.45, 2.75) is 19.1 Å². The molecule has 1 unspecified atom stereocenters. The van der Waals surface area contributed by atoms with Crippen molar-refractivity contribution in [3.05, 3.63) is 35.9 Å². The number of sulfone groups is 1. The second-order valence-corrected chi connectivity index (χ2v) is 8.53. The zero-order valence-corrected chi connectivity index (χ0v) is 12.5. The van der Waals surface area contributed by atoms with Crippen LogP contribution >= 0.6 is 0 Å². The zero-order chi connectivity index (χ0) is 14.4. The lowest BCUT2D eigenvalue weighted by Crippen LogP contribution is -2.63. The Morgan fingerprint density at radius 2 is 1.75 bits per heavy atom. The highest BCUT2D eigenvalue weighted by molar-refractivity contribution is 7.91. The van der Waals surface area contributed by atoms with Gasteiger partial charge in [-0.05, 0) is 12.5 Å². The van der Waals surface area contributed by atoms with E-state index in [4.69, 9.17) is 0 Å². The van der Waals surface area contributed by atoms with Crippen LogP contribution in [-0.4, -0.2) is 48.6 Å². The number of nitrogens with zero attached hydrogens (tertiary/aromatic N) is 1. The molecule has 2 aliphatic heterocycles. The molecule has 20 heavy (non-hydrogen) atoms. The van der Waals surface area contributed by atoms with Gasteiger partial charge in [0, 0.05) is 31.5 Å². The Labute approximate surface area is 120 Å². The summed E-state index contributed by atoms with van der Waals surface area (Å²) in [6.07, 6.45) is 0. The van der Waals surface area contributed by atoms with Gasteiger partial charge >= 0.3 is 0 Å². The number of piperidine rings is 1. The summed E-state index contributed by atoms with van der Waals surface area (Å²) in [5, 5.41) is 10.6. The summed E-state index contributed by atoms with van der Waals surface area (Å²) in [7, 11) is -3.00. The van der Waals surface area contributed by atoms with Crippen LogP contribution < -0.4 is 0 Å². The van der Waals surface area contributed by atoms with Crippen LogP contribution in [0.25, 0.3) is 0 Å². The lowest BCUT2D eigenvalue weighted by atomic mass is 9.76. The highest BCUT2D eigenvalue weighted by atomic mass is 32.2. The molecule has 1 aromatic carbocycles. The lowest BCUT2D eigenvalue weighted by molar-refractivity contribution is -0.0955. The molecule has 0 aliphatic carbocycles. The van der Waals surface area contributed by atoms with Crippen LogP contribution in [0.2, 0.25) is 0 Å². The topological polar surface area (TPSA) is 57.6 Å². The quantitative estimate of drug-likeness (QED) is 0.881. The second kappa shape index (κ2) is 4.83. The third kappa shape index (κ3) is 2.62. The zero-order valence-electron chi connectivity index (χ0n) is 11.7. The Bertz CT molecular complexity index is 558. The maximum atomic E-state index is 11.9. The third-order valence-corrected chi connectivity index (χ3v) is 6.59. The summed E-state index contributed by atoms with van der Waals surface area (Å²) in [4.78, 5) is 2.28. The first-order valence-corrected chi connectivity index (χ1v) is 8.88. The van der Waals surface area contributed by atoms with E-state index in [1.54, 1.807) is 6.92 Å². The summed E-state index contributed by atoms with van der Waals surface area (Å²) in [5.41, 5.74) is 0.383. The average molecular weight is 295 g/mol. The lowest BCUT2D eigenvalue weighted by Gasteiger charge is -2.51. The number of aliphatic hydroxyl groups is 1. The molecule has 0 saturated carbocycles. The van der Waals surface area contributed by atoms with Crippen LogP contribution in [0.5, 0.6) is 0 Å². The number of likely N-dealkylation sites (tertiary alicyclic amines) is 1. The molecule has 0 spiro atoms. The minimum atomic E-state index is -3.00. The van der Waals surface area contributed by atoms with Gasteiger partial charge in [-0.3, -0.25) is 4.90 Å². The summed E-state index contributed by atoms with van der Waals surface area (Å²) >= 11 is 0. The van der Waals surface area contributed by atoms with Gasteiger partial charge in [0.2, 0.25) is 0 Å². The van der Waals surface area contributed by atoms with Gasteiger partial charge in [-0.15, -0.1) is 0 Å². The molecule has 1 N–H and O–H groups in total. The predicted octanol–water partition coefficient (Wildman–Crippen LogP) is 0.914. The Hall–Kier alpha value is -0.910. The van der Waals surface area contributed by atoms with Crippen LogP contribution in [-0.2, 0) is 16.4 Å². The van der Waals surface area contributed by atoms with Crippen molar-refractivity contribution in [3.63, 3.8) is 0 Å². The average Bonchev–Trinajstić information content (AvgIpc) is 2.34. The maximum absolute atomic E-state index is 11.9. The molecular weight excluding hydrogens is 274 g/mol. The minimum absolute atomic E-state index is 0.113. The molecule has 2 aliphatic rings. The van der Waals surface area contributed by atoms with Gasteiger partial charge in [-0.2, -0.15) is 0 Å². The van der Waals surface area contributed by atoms with Gasteiger partial charge in [0.25, 0.3) is 0 Å². The molecule has 2 saturated heterocycles. The largest absolute Gasteiger partial charge is 0.389 e. The number of benzene rings is 1. The second-order valence-electron chi connectivity index (χ2n) is 6.38. The van der Waals surface area contributed by atoms with Gasteiger partial charge in [0.05, 0.1) is 17.1 Å². The van der Waals surface area contributed by atoms with Crippen molar-refractivity contribution in [2.24, 2.45) is 11.8 Å². The Morgan fingerprint density at radius 1 is 1.20 bits per heavy atom. The van der Waals surface area contributed by atoms with E-state index in [0.717, 1.165) is 6.54 Å². The summed E-state index contributed by atoms with van der Waals surface area (Å²) < 4.78 is 23.8. The first kappa shape index (κ1) is 14.0. The molecule has 4 nitrogen and oxygen atoms in total. The fourth-order valence-corrected chi connectivity index (χ4v) is 5.74.